The van der Waals surface area contributed by atoms with Gasteiger partial charge in [-0.15, -0.1) is 0 Å². The molecule has 0 N–H and O–H groups in total. The highest BCUT2D eigenvalue weighted by Crippen LogP contribution is 2.30. The average molecular weight is 166 g/mol. The second-order valence-corrected chi connectivity index (χ2v) is 3.33. The van der Waals surface area contributed by atoms with Crippen molar-refractivity contribution in [3.63, 3.8) is 0 Å². The number of methoxy groups -OCH3 is 1. The van der Waals surface area contributed by atoms with Gasteiger partial charge in [-0.25, -0.2) is 4.98 Å². The molecular weight excluding hydrogens is 152 g/mol. The van der Waals surface area contributed by atoms with E-state index in [4.69, 9.17) is 4.74 Å². The highest BCUT2D eigenvalue weighted by atomic mass is 16.5. The fraction of sp³-hybridized carbons (Fsp3) is 0.667. The Morgan fingerprint density at radius 1 is 1.50 bits per heavy atom. The number of ether oxygens (including phenoxy) is 1. The van der Waals surface area contributed by atoms with Gasteiger partial charge in [0.2, 0.25) is 0 Å². The van der Waals surface area contributed by atoms with Crippen LogP contribution in [-0.4, -0.2) is 22.8 Å². The number of hydrogen-bond acceptors (Lipinski definition) is 2. The third-order valence-corrected chi connectivity index (χ3v) is 2.64. The fourth-order valence-corrected chi connectivity index (χ4v) is 1.89. The van der Waals surface area contributed by atoms with Crippen molar-refractivity contribution in [3.8, 4) is 0 Å². The number of aromatic nitrogens is 2. The molecule has 1 aliphatic rings. The lowest BCUT2D eigenvalue weighted by Gasteiger charge is -2.10. The minimum absolute atomic E-state index is 0.456. The molecule has 12 heavy (non-hydrogen) atoms. The second-order valence-electron chi connectivity index (χ2n) is 3.33. The maximum absolute atomic E-state index is 5.31. The van der Waals surface area contributed by atoms with E-state index in [9.17, 15) is 0 Å². The average Bonchev–Trinajstić information content (AvgIpc) is 2.75. The molecule has 0 aromatic carbocycles. The molecule has 2 rings (SSSR count). The lowest BCUT2D eigenvalue weighted by Crippen LogP contribution is -2.07. The van der Waals surface area contributed by atoms with Crippen molar-refractivity contribution in [3.05, 3.63) is 18.7 Å². The summed E-state index contributed by atoms with van der Waals surface area (Å²) in [6.07, 6.45) is 9.74. The molecule has 0 spiro atoms. The van der Waals surface area contributed by atoms with E-state index in [2.05, 4.69) is 9.55 Å². The van der Waals surface area contributed by atoms with Crippen LogP contribution in [0.5, 0.6) is 0 Å². The van der Waals surface area contributed by atoms with Gasteiger partial charge < -0.3 is 9.30 Å². The van der Waals surface area contributed by atoms with Crippen molar-refractivity contribution in [2.45, 2.75) is 31.4 Å². The van der Waals surface area contributed by atoms with Crippen LogP contribution >= 0.6 is 0 Å². The molecular formula is C9H14N2O. The van der Waals surface area contributed by atoms with E-state index in [0.29, 0.717) is 12.1 Å². The van der Waals surface area contributed by atoms with E-state index < -0.39 is 0 Å². The van der Waals surface area contributed by atoms with E-state index in [1.54, 1.807) is 7.11 Å². The molecule has 0 radical (unpaired) electrons. The molecule has 1 aliphatic carbocycles. The van der Waals surface area contributed by atoms with Gasteiger partial charge in [0.25, 0.3) is 0 Å². The Morgan fingerprint density at radius 2 is 2.42 bits per heavy atom. The number of hydrogen-bond donors (Lipinski definition) is 0. The molecule has 0 saturated heterocycles. The van der Waals surface area contributed by atoms with Gasteiger partial charge in [-0.2, -0.15) is 0 Å². The third kappa shape index (κ3) is 1.37. The Kier molecular flexibility index (Phi) is 2.13. The number of imidazole rings is 1. The molecule has 1 fully saturated rings. The summed E-state index contributed by atoms with van der Waals surface area (Å²) in [7, 11) is 1.79. The zero-order valence-corrected chi connectivity index (χ0v) is 7.31. The summed E-state index contributed by atoms with van der Waals surface area (Å²) in [5.74, 6) is 0. The Morgan fingerprint density at radius 3 is 3.00 bits per heavy atom. The highest BCUT2D eigenvalue weighted by Gasteiger charge is 2.24. The first-order valence-electron chi connectivity index (χ1n) is 4.40. The van der Waals surface area contributed by atoms with Gasteiger partial charge in [-0.3, -0.25) is 0 Å². The summed E-state index contributed by atoms with van der Waals surface area (Å²) in [5, 5.41) is 0. The summed E-state index contributed by atoms with van der Waals surface area (Å²) in [6.45, 7) is 0. The Balaban J connectivity index is 2.00. The van der Waals surface area contributed by atoms with Crippen LogP contribution in [0.1, 0.15) is 25.3 Å². The standard InChI is InChI=1S/C9H14N2O/c1-12-9-3-2-8(6-9)11-5-4-10-7-11/h4-5,7-9H,2-3,6H2,1H3. The predicted octanol–water partition coefficient (Wildman–Crippen LogP) is 1.62. The number of nitrogens with zero attached hydrogens (tertiary/aromatic N) is 2. The molecule has 0 amide bonds. The van der Waals surface area contributed by atoms with Crippen molar-refractivity contribution in [2.24, 2.45) is 0 Å². The largest absolute Gasteiger partial charge is 0.381 e. The molecule has 3 heteroatoms. The van der Waals surface area contributed by atoms with Crippen LogP contribution in [-0.2, 0) is 4.74 Å². The minimum Gasteiger partial charge on any atom is -0.381 e. The molecule has 1 aromatic rings. The second kappa shape index (κ2) is 3.27. The zero-order valence-electron chi connectivity index (χ0n) is 7.31. The molecule has 3 nitrogen and oxygen atoms in total. The van der Waals surface area contributed by atoms with E-state index in [0.717, 1.165) is 6.42 Å². The molecule has 66 valence electrons. The van der Waals surface area contributed by atoms with E-state index in [1.807, 2.05) is 18.7 Å². The van der Waals surface area contributed by atoms with Crippen LogP contribution in [0.3, 0.4) is 0 Å². The predicted molar refractivity (Wildman–Crippen MR) is 45.9 cm³/mol. The highest BCUT2D eigenvalue weighted by molar-refractivity contribution is 4.86. The van der Waals surface area contributed by atoms with Gasteiger partial charge in [-0.1, -0.05) is 0 Å². The molecule has 0 bridgehead atoms. The smallest absolute Gasteiger partial charge is 0.0948 e. The first-order chi connectivity index (χ1) is 5.90. The first-order valence-corrected chi connectivity index (χ1v) is 4.40. The monoisotopic (exact) mass is 166 g/mol. The van der Waals surface area contributed by atoms with Gasteiger partial charge >= 0.3 is 0 Å². The van der Waals surface area contributed by atoms with Crippen molar-refractivity contribution < 1.29 is 4.74 Å². The Bertz CT molecular complexity index is 233. The Labute approximate surface area is 72.4 Å². The SMILES string of the molecule is COC1CCC(n2ccnc2)C1. The van der Waals surface area contributed by atoms with Gasteiger partial charge in [-0.05, 0) is 19.3 Å². The quantitative estimate of drug-likeness (QED) is 0.667. The molecule has 2 atom stereocenters. The summed E-state index contributed by atoms with van der Waals surface area (Å²) < 4.78 is 7.49. The van der Waals surface area contributed by atoms with Gasteiger partial charge in [0.05, 0.1) is 12.4 Å². The van der Waals surface area contributed by atoms with Crippen LogP contribution in [0.4, 0.5) is 0 Å². The van der Waals surface area contributed by atoms with Crippen molar-refractivity contribution in [1.29, 1.82) is 0 Å². The maximum atomic E-state index is 5.31. The van der Waals surface area contributed by atoms with E-state index >= 15 is 0 Å². The Hall–Kier alpha value is -0.830. The fourth-order valence-electron chi connectivity index (χ4n) is 1.89. The van der Waals surface area contributed by atoms with Crippen molar-refractivity contribution in [2.75, 3.05) is 7.11 Å². The third-order valence-electron chi connectivity index (χ3n) is 2.64. The van der Waals surface area contributed by atoms with E-state index in [1.165, 1.54) is 12.8 Å². The van der Waals surface area contributed by atoms with Gasteiger partial charge in [0.15, 0.2) is 0 Å². The van der Waals surface area contributed by atoms with Crippen molar-refractivity contribution >= 4 is 0 Å². The topological polar surface area (TPSA) is 27.1 Å². The van der Waals surface area contributed by atoms with Crippen LogP contribution < -0.4 is 0 Å². The lowest BCUT2D eigenvalue weighted by molar-refractivity contribution is 0.106. The van der Waals surface area contributed by atoms with Crippen LogP contribution in [0.15, 0.2) is 18.7 Å². The molecule has 1 aromatic heterocycles. The van der Waals surface area contributed by atoms with Crippen LogP contribution in [0.25, 0.3) is 0 Å². The first kappa shape index (κ1) is 7.80. The minimum atomic E-state index is 0.456. The normalized spacial score (nSPS) is 29.4. The molecule has 1 saturated carbocycles. The summed E-state index contributed by atoms with van der Waals surface area (Å²) >= 11 is 0. The van der Waals surface area contributed by atoms with Gasteiger partial charge in [0, 0.05) is 25.5 Å². The molecule has 2 unspecified atom stereocenters. The lowest BCUT2D eigenvalue weighted by atomic mass is 10.2. The summed E-state index contributed by atoms with van der Waals surface area (Å²) in [6, 6.07) is 0.609. The molecule has 1 heterocycles. The molecule has 0 aliphatic heterocycles. The maximum Gasteiger partial charge on any atom is 0.0948 e. The number of rotatable bonds is 2. The van der Waals surface area contributed by atoms with Gasteiger partial charge in [0.1, 0.15) is 0 Å². The van der Waals surface area contributed by atoms with Crippen LogP contribution in [0.2, 0.25) is 0 Å². The summed E-state index contributed by atoms with van der Waals surface area (Å²) in [4.78, 5) is 4.04. The van der Waals surface area contributed by atoms with Crippen molar-refractivity contribution in [1.82, 2.24) is 9.55 Å². The van der Waals surface area contributed by atoms with Crippen LogP contribution in [0, 0.1) is 0 Å². The zero-order chi connectivity index (χ0) is 8.39. The summed E-state index contributed by atoms with van der Waals surface area (Å²) in [5.41, 5.74) is 0. The van der Waals surface area contributed by atoms with E-state index in [-0.39, 0.29) is 0 Å².